The maximum Gasteiger partial charge on any atom is 0.573 e. The van der Waals surface area contributed by atoms with Crippen molar-refractivity contribution in [1.82, 2.24) is 0 Å². The third-order valence-electron chi connectivity index (χ3n) is 2.48. The molecule has 0 atom stereocenters. The summed E-state index contributed by atoms with van der Waals surface area (Å²) in [6.45, 7) is 0. The first-order valence-electron chi connectivity index (χ1n) is 5.49. The molecule has 20 heavy (non-hydrogen) atoms. The lowest BCUT2D eigenvalue weighted by molar-refractivity contribution is -0.274. The van der Waals surface area contributed by atoms with Crippen molar-refractivity contribution < 1.29 is 22.7 Å². The summed E-state index contributed by atoms with van der Waals surface area (Å²) >= 11 is 3.27. The summed E-state index contributed by atoms with van der Waals surface area (Å²) in [7, 11) is 0. The first-order chi connectivity index (χ1) is 9.37. The average molecular weight is 345 g/mol. The van der Waals surface area contributed by atoms with Crippen LogP contribution in [0.2, 0.25) is 0 Å². The third-order valence-corrected chi connectivity index (χ3v) is 2.94. The molecule has 0 amide bonds. The number of aldehydes is 1. The first-order valence-corrected chi connectivity index (χ1v) is 6.28. The second-order valence-electron chi connectivity index (χ2n) is 3.96. The fraction of sp³-hybridized carbons (Fsp3) is 0.0714. The molecule has 0 radical (unpaired) electrons. The van der Waals surface area contributed by atoms with Crippen molar-refractivity contribution in [1.29, 1.82) is 0 Å². The van der Waals surface area contributed by atoms with Gasteiger partial charge in [-0.25, -0.2) is 0 Å². The largest absolute Gasteiger partial charge is 0.573 e. The molecule has 0 fully saturated rings. The van der Waals surface area contributed by atoms with Gasteiger partial charge in [0.2, 0.25) is 0 Å². The summed E-state index contributed by atoms with van der Waals surface area (Å²) in [6, 6.07) is 10.5. The number of ether oxygens (including phenoxy) is 1. The third kappa shape index (κ3) is 3.84. The Labute approximate surface area is 121 Å². The van der Waals surface area contributed by atoms with Crippen LogP contribution in [-0.4, -0.2) is 12.6 Å². The number of benzene rings is 2. The molecule has 6 heteroatoms. The van der Waals surface area contributed by atoms with Crippen LogP contribution in [0, 0.1) is 0 Å². The second kappa shape index (κ2) is 5.66. The van der Waals surface area contributed by atoms with Crippen molar-refractivity contribution in [2.45, 2.75) is 6.36 Å². The Morgan fingerprint density at radius 1 is 1.00 bits per heavy atom. The molecule has 0 aromatic heterocycles. The summed E-state index contributed by atoms with van der Waals surface area (Å²) in [5.41, 5.74) is 1.88. The summed E-state index contributed by atoms with van der Waals surface area (Å²) in [5.74, 6) is -0.285. The topological polar surface area (TPSA) is 26.3 Å². The zero-order valence-corrected chi connectivity index (χ0v) is 11.5. The van der Waals surface area contributed by atoms with Crippen LogP contribution in [0.3, 0.4) is 0 Å². The molecule has 2 aromatic carbocycles. The maximum atomic E-state index is 12.0. The van der Waals surface area contributed by atoms with E-state index in [2.05, 4.69) is 20.7 Å². The van der Waals surface area contributed by atoms with Crippen molar-refractivity contribution in [2.75, 3.05) is 0 Å². The number of hydrogen-bond donors (Lipinski definition) is 0. The minimum atomic E-state index is -4.71. The highest BCUT2D eigenvalue weighted by Gasteiger charge is 2.30. The molecular weight excluding hydrogens is 337 g/mol. The van der Waals surface area contributed by atoms with Crippen molar-refractivity contribution in [3.8, 4) is 16.9 Å². The molecule has 2 nitrogen and oxygen atoms in total. The van der Waals surface area contributed by atoms with Crippen LogP contribution >= 0.6 is 15.9 Å². The molecule has 0 spiro atoms. The van der Waals surface area contributed by atoms with Crippen LogP contribution < -0.4 is 4.74 Å². The Kier molecular flexibility index (Phi) is 4.13. The van der Waals surface area contributed by atoms with E-state index in [-0.39, 0.29) is 5.75 Å². The molecule has 0 aliphatic heterocycles. The summed E-state index contributed by atoms with van der Waals surface area (Å²) in [4.78, 5) is 10.8. The predicted molar refractivity (Wildman–Crippen MR) is 71.6 cm³/mol. The van der Waals surface area contributed by atoms with Gasteiger partial charge in [-0.2, -0.15) is 0 Å². The number of alkyl halides is 3. The van der Waals surface area contributed by atoms with Gasteiger partial charge >= 0.3 is 6.36 Å². The zero-order chi connectivity index (χ0) is 14.8. The maximum absolute atomic E-state index is 12.0. The van der Waals surface area contributed by atoms with Crippen molar-refractivity contribution in [3.63, 3.8) is 0 Å². The molecule has 0 unspecified atom stereocenters. The van der Waals surface area contributed by atoms with E-state index in [1.165, 1.54) is 24.3 Å². The van der Waals surface area contributed by atoms with Crippen LogP contribution in [0.1, 0.15) is 10.4 Å². The Morgan fingerprint density at radius 3 is 2.20 bits per heavy atom. The lowest BCUT2D eigenvalue weighted by atomic mass is 10.0. The zero-order valence-electron chi connectivity index (χ0n) is 9.95. The number of carbonyl (C=O) groups excluding carboxylic acids is 1. The Hall–Kier alpha value is -1.82. The fourth-order valence-corrected chi connectivity index (χ4v) is 2.21. The predicted octanol–water partition coefficient (Wildman–Crippen LogP) is 4.83. The number of halogens is 4. The molecule has 0 aliphatic carbocycles. The van der Waals surface area contributed by atoms with E-state index in [4.69, 9.17) is 0 Å². The molecule has 0 heterocycles. The van der Waals surface area contributed by atoms with Gasteiger partial charge in [0, 0.05) is 10.0 Å². The summed E-state index contributed by atoms with van der Waals surface area (Å²) in [5, 5.41) is 0. The standard InChI is InChI=1S/C14H8BrF3O2/c15-12-6-9(8-19)5-11(7-12)10-1-3-13(4-2-10)20-14(16,17)18/h1-8H. The van der Waals surface area contributed by atoms with Gasteiger partial charge < -0.3 is 4.74 Å². The minimum absolute atomic E-state index is 0.285. The SMILES string of the molecule is O=Cc1cc(Br)cc(-c2ccc(OC(F)(F)F)cc2)c1. The van der Waals surface area contributed by atoms with Gasteiger partial charge in [0.05, 0.1) is 0 Å². The number of hydrogen-bond acceptors (Lipinski definition) is 2. The fourth-order valence-electron chi connectivity index (χ4n) is 1.70. The van der Waals surface area contributed by atoms with E-state index in [9.17, 15) is 18.0 Å². The molecular formula is C14H8BrF3O2. The van der Waals surface area contributed by atoms with E-state index in [1.54, 1.807) is 18.2 Å². The molecule has 0 saturated carbocycles. The minimum Gasteiger partial charge on any atom is -0.406 e. The molecule has 2 rings (SSSR count). The Balaban J connectivity index is 2.30. The molecule has 0 N–H and O–H groups in total. The molecule has 104 valence electrons. The van der Waals surface area contributed by atoms with Gasteiger partial charge in [-0.1, -0.05) is 28.1 Å². The van der Waals surface area contributed by atoms with E-state index in [1.807, 2.05) is 0 Å². The van der Waals surface area contributed by atoms with Gasteiger partial charge in [0.1, 0.15) is 12.0 Å². The van der Waals surface area contributed by atoms with Gasteiger partial charge in [0.15, 0.2) is 0 Å². The highest BCUT2D eigenvalue weighted by molar-refractivity contribution is 9.10. The monoisotopic (exact) mass is 344 g/mol. The molecule has 0 aliphatic rings. The van der Waals surface area contributed by atoms with Crippen LogP contribution in [0.15, 0.2) is 46.9 Å². The normalized spacial score (nSPS) is 11.2. The lowest BCUT2D eigenvalue weighted by Gasteiger charge is -2.09. The van der Waals surface area contributed by atoms with Gasteiger partial charge in [0.25, 0.3) is 0 Å². The number of carbonyl (C=O) groups is 1. The molecule has 0 saturated heterocycles. The Bertz CT molecular complexity index is 621. The highest BCUT2D eigenvalue weighted by atomic mass is 79.9. The van der Waals surface area contributed by atoms with Gasteiger partial charge in [-0.15, -0.1) is 13.2 Å². The van der Waals surface area contributed by atoms with E-state index >= 15 is 0 Å². The van der Waals surface area contributed by atoms with Crippen molar-refractivity contribution in [3.05, 3.63) is 52.5 Å². The first kappa shape index (κ1) is 14.6. The second-order valence-corrected chi connectivity index (χ2v) is 4.88. The van der Waals surface area contributed by atoms with Crippen LogP contribution in [0.5, 0.6) is 5.75 Å². The van der Waals surface area contributed by atoms with Gasteiger partial charge in [-0.05, 0) is 41.5 Å². The summed E-state index contributed by atoms with van der Waals surface area (Å²) < 4.78 is 40.7. The van der Waals surface area contributed by atoms with Crippen LogP contribution in [-0.2, 0) is 0 Å². The Morgan fingerprint density at radius 2 is 1.65 bits per heavy atom. The average Bonchev–Trinajstić information content (AvgIpc) is 2.37. The van der Waals surface area contributed by atoms with E-state index in [0.717, 1.165) is 5.56 Å². The lowest BCUT2D eigenvalue weighted by Crippen LogP contribution is -2.16. The number of rotatable bonds is 3. The molecule has 0 bridgehead atoms. The van der Waals surface area contributed by atoms with Crippen LogP contribution in [0.4, 0.5) is 13.2 Å². The van der Waals surface area contributed by atoms with Crippen LogP contribution in [0.25, 0.3) is 11.1 Å². The molecule has 2 aromatic rings. The van der Waals surface area contributed by atoms with Crippen molar-refractivity contribution >= 4 is 22.2 Å². The highest BCUT2D eigenvalue weighted by Crippen LogP contribution is 2.28. The van der Waals surface area contributed by atoms with Gasteiger partial charge in [-0.3, -0.25) is 4.79 Å². The smallest absolute Gasteiger partial charge is 0.406 e. The summed E-state index contributed by atoms with van der Waals surface area (Å²) in [6.07, 6.45) is -4.00. The van der Waals surface area contributed by atoms with Crippen molar-refractivity contribution in [2.24, 2.45) is 0 Å². The van der Waals surface area contributed by atoms with E-state index < -0.39 is 6.36 Å². The van der Waals surface area contributed by atoms with E-state index in [0.29, 0.717) is 21.9 Å². The quantitative estimate of drug-likeness (QED) is 0.745.